The van der Waals surface area contributed by atoms with Crippen LogP contribution in [0.2, 0.25) is 0 Å². The Labute approximate surface area is 184 Å². The summed E-state index contributed by atoms with van der Waals surface area (Å²) in [5, 5.41) is 22.4. The molecule has 176 valence electrons. The molecule has 2 aliphatic rings. The lowest BCUT2D eigenvalue weighted by atomic mass is 9.80. The molecule has 0 unspecified atom stereocenters. The molecule has 1 aliphatic heterocycles. The van der Waals surface area contributed by atoms with E-state index in [1.54, 1.807) is 0 Å². The average molecular weight is 454 g/mol. The highest BCUT2D eigenvalue weighted by Crippen LogP contribution is 2.33. The van der Waals surface area contributed by atoms with Crippen LogP contribution in [0.4, 0.5) is 19.0 Å². The number of anilines is 1. The molecule has 1 saturated carbocycles. The number of nitrogens with zero attached hydrogens (tertiary/aromatic N) is 3. The van der Waals surface area contributed by atoms with E-state index in [0.717, 1.165) is 57.5 Å². The van der Waals surface area contributed by atoms with Crippen molar-refractivity contribution in [2.75, 3.05) is 25.0 Å². The maximum absolute atomic E-state index is 12.9. The minimum Gasteiger partial charge on any atom is -0.393 e. The summed E-state index contributed by atoms with van der Waals surface area (Å²) >= 11 is 0. The Kier molecular flexibility index (Phi) is 6.57. The van der Waals surface area contributed by atoms with Gasteiger partial charge in [-0.25, -0.2) is 4.98 Å². The van der Waals surface area contributed by atoms with Gasteiger partial charge in [-0.05, 0) is 44.1 Å². The highest BCUT2D eigenvalue weighted by atomic mass is 19.4. The molecule has 0 spiro atoms. The lowest BCUT2D eigenvalue weighted by Crippen LogP contribution is -2.63. The topological polar surface area (TPSA) is 106 Å². The molecule has 3 heterocycles. The van der Waals surface area contributed by atoms with Crippen LogP contribution in [0.3, 0.4) is 0 Å². The van der Waals surface area contributed by atoms with Crippen LogP contribution in [0, 0.1) is 5.92 Å². The molecule has 2 aromatic heterocycles. The fourth-order valence-corrected chi connectivity index (χ4v) is 4.72. The van der Waals surface area contributed by atoms with E-state index in [1.807, 2.05) is 6.92 Å². The number of amides is 1. The molecule has 0 radical (unpaired) electrons. The van der Waals surface area contributed by atoms with Crippen molar-refractivity contribution in [3.05, 3.63) is 17.8 Å². The van der Waals surface area contributed by atoms with Crippen LogP contribution in [0.25, 0.3) is 11.0 Å². The van der Waals surface area contributed by atoms with Gasteiger partial charge in [-0.2, -0.15) is 18.3 Å². The number of carbonyl (C=O) groups excluding carboxylic acids is 1. The normalized spacial score (nSPS) is 23.7. The molecule has 2 fully saturated rings. The van der Waals surface area contributed by atoms with Crippen molar-refractivity contribution in [2.24, 2.45) is 5.92 Å². The summed E-state index contributed by atoms with van der Waals surface area (Å²) in [6.45, 7) is 3.51. The SMILES string of the molecule is CC[C@H](O)[C@H]1CC[C@H](N2CC(NC(=O)CNc3n[nH]c4ncc(C(F)(F)F)cc34)C2)CC1. The summed E-state index contributed by atoms with van der Waals surface area (Å²) in [7, 11) is 0. The molecule has 1 aliphatic carbocycles. The predicted molar refractivity (Wildman–Crippen MR) is 113 cm³/mol. The molecule has 11 heteroatoms. The Hall–Kier alpha value is -2.40. The van der Waals surface area contributed by atoms with E-state index >= 15 is 0 Å². The number of halogens is 3. The van der Waals surface area contributed by atoms with E-state index in [9.17, 15) is 23.1 Å². The number of fused-ring (bicyclic) bond motifs is 1. The molecule has 8 nitrogen and oxygen atoms in total. The van der Waals surface area contributed by atoms with E-state index < -0.39 is 11.7 Å². The number of hydrogen-bond acceptors (Lipinski definition) is 6. The van der Waals surface area contributed by atoms with Crippen LogP contribution in [0.5, 0.6) is 0 Å². The molecule has 32 heavy (non-hydrogen) atoms. The summed E-state index contributed by atoms with van der Waals surface area (Å²) in [4.78, 5) is 18.4. The molecule has 1 saturated heterocycles. The van der Waals surface area contributed by atoms with Gasteiger partial charge in [0.1, 0.15) is 0 Å². The number of aliphatic hydroxyl groups excluding tert-OH is 1. The first-order valence-corrected chi connectivity index (χ1v) is 11.1. The Morgan fingerprint density at radius 1 is 1.31 bits per heavy atom. The van der Waals surface area contributed by atoms with Crippen molar-refractivity contribution in [3.8, 4) is 0 Å². The second-order valence-corrected chi connectivity index (χ2v) is 8.81. The zero-order valence-corrected chi connectivity index (χ0v) is 18.0. The average Bonchev–Trinajstić information content (AvgIpc) is 3.16. The zero-order chi connectivity index (χ0) is 22.9. The predicted octanol–water partition coefficient (Wildman–Crippen LogP) is 2.52. The maximum atomic E-state index is 12.9. The van der Waals surface area contributed by atoms with Crippen LogP contribution in [0.1, 0.15) is 44.6 Å². The maximum Gasteiger partial charge on any atom is 0.417 e. The van der Waals surface area contributed by atoms with E-state index in [1.165, 1.54) is 0 Å². The van der Waals surface area contributed by atoms with Crippen molar-refractivity contribution < 1.29 is 23.1 Å². The second kappa shape index (κ2) is 9.22. The number of alkyl halides is 3. The Morgan fingerprint density at radius 3 is 2.69 bits per heavy atom. The fraction of sp³-hybridized carbons (Fsp3) is 0.667. The summed E-state index contributed by atoms with van der Waals surface area (Å²) in [6, 6.07) is 1.54. The molecule has 4 rings (SSSR count). The number of aliphatic hydroxyl groups is 1. The zero-order valence-electron chi connectivity index (χ0n) is 18.0. The van der Waals surface area contributed by atoms with E-state index in [4.69, 9.17) is 0 Å². The van der Waals surface area contributed by atoms with Gasteiger partial charge in [0.2, 0.25) is 5.91 Å². The number of aromatic nitrogens is 3. The molecule has 0 aromatic carbocycles. The smallest absolute Gasteiger partial charge is 0.393 e. The van der Waals surface area contributed by atoms with E-state index in [2.05, 4.69) is 30.7 Å². The van der Waals surface area contributed by atoms with Crippen molar-refractivity contribution in [1.82, 2.24) is 25.4 Å². The highest BCUT2D eigenvalue weighted by molar-refractivity contribution is 5.90. The third-order valence-corrected chi connectivity index (χ3v) is 6.66. The lowest BCUT2D eigenvalue weighted by Gasteiger charge is -2.47. The largest absolute Gasteiger partial charge is 0.417 e. The first kappa shape index (κ1) is 22.8. The molecule has 0 bridgehead atoms. The Morgan fingerprint density at radius 2 is 2.03 bits per heavy atom. The standard InChI is InChI=1S/C21H29F3N6O2/c1-2-17(31)12-3-5-15(6-4-12)30-10-14(11-30)27-18(32)9-26-20-16-7-13(21(22,23)24)8-25-19(16)28-29-20/h7-8,12,14-15,17,31H,2-6,9-11H2,1H3,(H,27,32)(H2,25,26,28,29)/t12-,15-,17-/m0/s1. The van der Waals surface area contributed by atoms with Crippen molar-refractivity contribution >= 4 is 22.8 Å². The van der Waals surface area contributed by atoms with Crippen LogP contribution >= 0.6 is 0 Å². The van der Waals surface area contributed by atoms with Gasteiger partial charge < -0.3 is 15.7 Å². The monoisotopic (exact) mass is 454 g/mol. The number of pyridine rings is 1. The van der Waals surface area contributed by atoms with Crippen LogP contribution < -0.4 is 10.6 Å². The third kappa shape index (κ3) is 4.98. The number of rotatable bonds is 7. The van der Waals surface area contributed by atoms with Gasteiger partial charge in [0.25, 0.3) is 0 Å². The quantitative estimate of drug-likeness (QED) is 0.512. The first-order chi connectivity index (χ1) is 15.2. The number of aromatic amines is 1. The van der Waals surface area contributed by atoms with E-state index in [0.29, 0.717) is 12.0 Å². The number of hydrogen-bond donors (Lipinski definition) is 4. The van der Waals surface area contributed by atoms with Crippen molar-refractivity contribution in [3.63, 3.8) is 0 Å². The summed E-state index contributed by atoms with van der Waals surface area (Å²) in [5.41, 5.74) is -0.650. The van der Waals surface area contributed by atoms with Crippen LogP contribution in [0.15, 0.2) is 12.3 Å². The van der Waals surface area contributed by atoms with Crippen molar-refractivity contribution in [1.29, 1.82) is 0 Å². The Bertz CT molecular complexity index is 935. The van der Waals surface area contributed by atoms with Crippen LogP contribution in [-0.4, -0.2) is 68.9 Å². The Balaban J connectivity index is 1.22. The molecule has 1 atom stereocenters. The van der Waals surface area contributed by atoms with Crippen LogP contribution in [-0.2, 0) is 11.0 Å². The van der Waals surface area contributed by atoms with Gasteiger partial charge in [0.15, 0.2) is 11.5 Å². The molecule has 4 N–H and O–H groups in total. The molecule has 1 amide bonds. The summed E-state index contributed by atoms with van der Waals surface area (Å²) < 4.78 is 38.8. The fourth-order valence-electron chi connectivity index (χ4n) is 4.72. The van der Waals surface area contributed by atoms with Gasteiger partial charge in [0.05, 0.1) is 29.6 Å². The lowest BCUT2D eigenvalue weighted by molar-refractivity contribution is -0.137. The second-order valence-electron chi connectivity index (χ2n) is 8.81. The minimum absolute atomic E-state index is 0.0673. The van der Waals surface area contributed by atoms with E-state index in [-0.39, 0.29) is 41.4 Å². The molecular formula is C21H29F3N6O2. The summed E-state index contributed by atoms with van der Waals surface area (Å²) in [5.74, 6) is 0.329. The summed E-state index contributed by atoms with van der Waals surface area (Å²) in [6.07, 6.45) is 1.08. The molecular weight excluding hydrogens is 425 g/mol. The van der Waals surface area contributed by atoms with Gasteiger partial charge in [0, 0.05) is 25.3 Å². The number of likely N-dealkylation sites (tertiary alicyclic amines) is 1. The van der Waals surface area contributed by atoms with Gasteiger partial charge >= 0.3 is 6.18 Å². The first-order valence-electron chi connectivity index (χ1n) is 11.1. The minimum atomic E-state index is -4.50. The van der Waals surface area contributed by atoms with Gasteiger partial charge in [-0.15, -0.1) is 0 Å². The highest BCUT2D eigenvalue weighted by Gasteiger charge is 2.36. The number of H-pyrrole nitrogens is 1. The van der Waals surface area contributed by atoms with Gasteiger partial charge in [-0.3, -0.25) is 14.8 Å². The number of nitrogens with one attached hydrogen (secondary N) is 3. The van der Waals surface area contributed by atoms with Crippen molar-refractivity contribution in [2.45, 2.75) is 63.4 Å². The third-order valence-electron chi connectivity index (χ3n) is 6.66. The number of carbonyl (C=O) groups is 1. The molecule has 2 aromatic rings. The van der Waals surface area contributed by atoms with Gasteiger partial charge in [-0.1, -0.05) is 6.92 Å².